The fraction of sp³-hybridized carbons (Fsp3) is 0.0909. The van der Waals surface area contributed by atoms with Gasteiger partial charge in [0.1, 0.15) is 10.6 Å². The van der Waals surface area contributed by atoms with Crippen LogP contribution in [-0.2, 0) is 9.84 Å². The number of hydrogen-bond donors (Lipinski definition) is 1. The van der Waals surface area contributed by atoms with E-state index in [4.69, 9.17) is 0 Å². The van der Waals surface area contributed by atoms with E-state index in [0.717, 1.165) is 11.6 Å². The van der Waals surface area contributed by atoms with Crippen LogP contribution in [0.25, 0.3) is 10.8 Å². The lowest BCUT2D eigenvalue weighted by atomic mass is 10.1. The zero-order chi connectivity index (χ0) is 11.1. The molecule has 0 bridgehead atoms. The van der Waals surface area contributed by atoms with Crippen LogP contribution in [0, 0.1) is 0 Å². The zero-order valence-electron chi connectivity index (χ0n) is 8.14. The number of phenols is 1. The van der Waals surface area contributed by atoms with E-state index in [1.54, 1.807) is 18.2 Å². The number of sulfone groups is 1. The summed E-state index contributed by atoms with van der Waals surface area (Å²) in [6.45, 7) is 0. The van der Waals surface area contributed by atoms with Crippen LogP contribution in [0.5, 0.6) is 5.75 Å². The van der Waals surface area contributed by atoms with E-state index in [2.05, 4.69) is 0 Å². The van der Waals surface area contributed by atoms with E-state index >= 15 is 0 Å². The Bertz CT molecular complexity index is 615. The van der Waals surface area contributed by atoms with Crippen molar-refractivity contribution in [3.8, 4) is 5.75 Å². The smallest absolute Gasteiger partial charge is 0.179 e. The average molecular weight is 222 g/mol. The number of rotatable bonds is 1. The first kappa shape index (κ1) is 9.98. The SMILES string of the molecule is CS(=O)(=O)c1c(O)ccc2ccccc12. The number of benzene rings is 2. The van der Waals surface area contributed by atoms with Crippen LogP contribution in [-0.4, -0.2) is 19.8 Å². The summed E-state index contributed by atoms with van der Waals surface area (Å²) in [6, 6.07) is 10.2. The fourth-order valence-corrected chi connectivity index (χ4v) is 2.65. The Morgan fingerprint density at radius 2 is 1.73 bits per heavy atom. The molecule has 0 aliphatic rings. The molecular formula is C11H10O3S. The Hall–Kier alpha value is -1.55. The molecule has 15 heavy (non-hydrogen) atoms. The van der Waals surface area contributed by atoms with Crippen molar-refractivity contribution in [3.63, 3.8) is 0 Å². The molecule has 1 N–H and O–H groups in total. The third kappa shape index (κ3) is 1.68. The van der Waals surface area contributed by atoms with Gasteiger partial charge in [0.05, 0.1) is 0 Å². The van der Waals surface area contributed by atoms with Crippen molar-refractivity contribution in [2.45, 2.75) is 4.90 Å². The van der Waals surface area contributed by atoms with E-state index in [1.807, 2.05) is 12.1 Å². The van der Waals surface area contributed by atoms with E-state index in [9.17, 15) is 13.5 Å². The van der Waals surface area contributed by atoms with E-state index in [-0.39, 0.29) is 10.6 Å². The maximum Gasteiger partial charge on any atom is 0.179 e. The molecule has 0 saturated heterocycles. The van der Waals surface area contributed by atoms with Gasteiger partial charge in [-0.3, -0.25) is 0 Å². The Morgan fingerprint density at radius 3 is 2.40 bits per heavy atom. The van der Waals surface area contributed by atoms with Crippen LogP contribution in [0.3, 0.4) is 0 Å². The van der Waals surface area contributed by atoms with Gasteiger partial charge >= 0.3 is 0 Å². The lowest BCUT2D eigenvalue weighted by Gasteiger charge is -2.06. The molecule has 0 atom stereocenters. The molecule has 0 amide bonds. The predicted molar refractivity (Wildman–Crippen MR) is 58.7 cm³/mol. The van der Waals surface area contributed by atoms with Gasteiger partial charge in [0, 0.05) is 11.6 Å². The van der Waals surface area contributed by atoms with Crippen LogP contribution >= 0.6 is 0 Å². The normalized spacial score (nSPS) is 11.8. The second-order valence-electron chi connectivity index (χ2n) is 3.41. The number of fused-ring (bicyclic) bond motifs is 1. The molecule has 0 radical (unpaired) electrons. The minimum Gasteiger partial charge on any atom is -0.507 e. The highest BCUT2D eigenvalue weighted by Crippen LogP contribution is 2.30. The Balaban J connectivity index is 2.99. The number of hydrogen-bond acceptors (Lipinski definition) is 3. The van der Waals surface area contributed by atoms with Crippen molar-refractivity contribution in [1.29, 1.82) is 0 Å². The topological polar surface area (TPSA) is 54.4 Å². The highest BCUT2D eigenvalue weighted by Gasteiger charge is 2.16. The van der Waals surface area contributed by atoms with Gasteiger partial charge in [-0.1, -0.05) is 30.3 Å². The summed E-state index contributed by atoms with van der Waals surface area (Å²) in [5.41, 5.74) is 0. The van der Waals surface area contributed by atoms with Gasteiger partial charge < -0.3 is 5.11 Å². The number of phenolic OH excluding ortho intramolecular Hbond substituents is 1. The third-order valence-corrected chi connectivity index (χ3v) is 3.40. The van der Waals surface area contributed by atoms with Crippen molar-refractivity contribution in [2.75, 3.05) is 6.26 Å². The van der Waals surface area contributed by atoms with Crippen LogP contribution < -0.4 is 0 Å². The maximum absolute atomic E-state index is 11.5. The van der Waals surface area contributed by atoms with Gasteiger partial charge in [-0.2, -0.15) is 0 Å². The summed E-state index contributed by atoms with van der Waals surface area (Å²) in [5.74, 6) is -0.198. The minimum atomic E-state index is -3.41. The van der Waals surface area contributed by atoms with Crippen LogP contribution in [0.1, 0.15) is 0 Å². The first-order valence-corrected chi connectivity index (χ1v) is 6.30. The van der Waals surface area contributed by atoms with E-state index < -0.39 is 9.84 Å². The lowest BCUT2D eigenvalue weighted by Crippen LogP contribution is -1.98. The maximum atomic E-state index is 11.5. The summed E-state index contributed by atoms with van der Waals surface area (Å²) < 4.78 is 23.0. The van der Waals surface area contributed by atoms with Crippen LogP contribution in [0.4, 0.5) is 0 Å². The molecule has 3 nitrogen and oxygen atoms in total. The molecule has 0 saturated carbocycles. The largest absolute Gasteiger partial charge is 0.507 e. The highest BCUT2D eigenvalue weighted by molar-refractivity contribution is 7.91. The molecule has 2 aromatic carbocycles. The molecular weight excluding hydrogens is 212 g/mol. The van der Waals surface area contributed by atoms with Gasteiger partial charge in [0.15, 0.2) is 9.84 Å². The molecule has 2 rings (SSSR count). The second-order valence-corrected chi connectivity index (χ2v) is 5.36. The fourth-order valence-electron chi connectivity index (χ4n) is 1.62. The van der Waals surface area contributed by atoms with Gasteiger partial charge in [0.25, 0.3) is 0 Å². The standard InChI is InChI=1S/C11H10O3S/c1-15(13,14)11-9-5-3-2-4-8(9)6-7-10(11)12/h2-7,12H,1H3. The molecule has 0 heterocycles. The molecule has 0 spiro atoms. The average Bonchev–Trinajstić information content (AvgIpc) is 2.15. The molecule has 0 aliphatic carbocycles. The van der Waals surface area contributed by atoms with Crippen molar-refractivity contribution in [1.82, 2.24) is 0 Å². The van der Waals surface area contributed by atoms with Gasteiger partial charge in [-0.15, -0.1) is 0 Å². The van der Waals surface area contributed by atoms with E-state index in [1.165, 1.54) is 6.07 Å². The van der Waals surface area contributed by atoms with Crippen molar-refractivity contribution in [3.05, 3.63) is 36.4 Å². The molecule has 0 aliphatic heterocycles. The van der Waals surface area contributed by atoms with Crippen molar-refractivity contribution in [2.24, 2.45) is 0 Å². The molecule has 0 unspecified atom stereocenters. The first-order valence-electron chi connectivity index (χ1n) is 4.41. The summed E-state index contributed by atoms with van der Waals surface area (Å²) in [5, 5.41) is 10.9. The molecule has 78 valence electrons. The minimum absolute atomic E-state index is 0.000556. The molecule has 4 heteroatoms. The summed E-state index contributed by atoms with van der Waals surface area (Å²) >= 11 is 0. The van der Waals surface area contributed by atoms with Crippen LogP contribution in [0.15, 0.2) is 41.3 Å². The zero-order valence-corrected chi connectivity index (χ0v) is 8.95. The van der Waals surface area contributed by atoms with Crippen molar-refractivity contribution < 1.29 is 13.5 Å². The first-order chi connectivity index (χ1) is 7.00. The summed E-state index contributed by atoms with van der Waals surface area (Å²) in [6.07, 6.45) is 1.09. The number of aromatic hydroxyl groups is 1. The predicted octanol–water partition coefficient (Wildman–Crippen LogP) is 1.95. The highest BCUT2D eigenvalue weighted by atomic mass is 32.2. The van der Waals surface area contributed by atoms with Gasteiger partial charge in [-0.05, 0) is 11.5 Å². The molecule has 0 fully saturated rings. The van der Waals surface area contributed by atoms with Gasteiger partial charge in [0.2, 0.25) is 0 Å². The molecule has 0 aromatic heterocycles. The molecule has 2 aromatic rings. The summed E-state index contributed by atoms with van der Waals surface area (Å²) in [4.78, 5) is 0.000556. The third-order valence-electron chi connectivity index (χ3n) is 2.23. The van der Waals surface area contributed by atoms with Crippen molar-refractivity contribution >= 4 is 20.6 Å². The second kappa shape index (κ2) is 3.24. The van der Waals surface area contributed by atoms with E-state index in [0.29, 0.717) is 5.39 Å². The van der Waals surface area contributed by atoms with Crippen LogP contribution in [0.2, 0.25) is 0 Å². The monoisotopic (exact) mass is 222 g/mol. The quantitative estimate of drug-likeness (QED) is 0.802. The Morgan fingerprint density at radius 1 is 1.07 bits per heavy atom. The lowest BCUT2D eigenvalue weighted by molar-refractivity contribution is 0.461. The van der Waals surface area contributed by atoms with Gasteiger partial charge in [-0.25, -0.2) is 8.42 Å². The summed E-state index contributed by atoms with van der Waals surface area (Å²) in [7, 11) is -3.41. The Labute approximate surface area is 87.9 Å². The Kier molecular flexibility index (Phi) is 2.16.